The molecule has 1 aromatic rings. The van der Waals surface area contributed by atoms with Crippen LogP contribution in [0, 0.1) is 11.8 Å². The fourth-order valence-electron chi connectivity index (χ4n) is 5.15. The molecule has 3 heteroatoms. The molecule has 4 aliphatic heterocycles. The molecule has 4 fully saturated rings. The molecule has 2 bridgehead atoms. The normalized spacial score (nSPS) is 35.3. The van der Waals surface area contributed by atoms with Gasteiger partial charge in [0.15, 0.2) is 0 Å². The van der Waals surface area contributed by atoms with Gasteiger partial charge < -0.3 is 9.64 Å². The molecule has 1 spiro atoms. The smallest absolute Gasteiger partial charge is 0.142 e. The molecule has 0 N–H and O–H groups in total. The molecule has 0 aliphatic carbocycles. The maximum absolute atomic E-state index is 5.58. The van der Waals surface area contributed by atoms with E-state index < -0.39 is 0 Å². The molecule has 4 aliphatic rings. The molecule has 2 unspecified atom stereocenters. The molecule has 20 heavy (non-hydrogen) atoms. The Hall–Kier alpha value is -1.22. The number of benzene rings is 1. The summed E-state index contributed by atoms with van der Waals surface area (Å²) in [5.41, 5.74) is 1.73. The average molecular weight is 272 g/mol. The maximum atomic E-state index is 5.58. The molecule has 5 rings (SSSR count). The van der Waals surface area contributed by atoms with E-state index in [9.17, 15) is 0 Å². The third-order valence-electron chi connectivity index (χ3n) is 5.72. The predicted octanol–water partition coefficient (Wildman–Crippen LogP) is 2.96. The molecule has 4 heterocycles. The van der Waals surface area contributed by atoms with E-state index in [2.05, 4.69) is 47.9 Å². The van der Waals surface area contributed by atoms with E-state index in [1.807, 2.05) is 0 Å². The van der Waals surface area contributed by atoms with Gasteiger partial charge in [0.25, 0.3) is 0 Å². The summed E-state index contributed by atoms with van der Waals surface area (Å²) in [6, 6.07) is 8.48. The van der Waals surface area contributed by atoms with Crippen LogP contribution in [-0.4, -0.2) is 36.8 Å². The zero-order valence-corrected chi connectivity index (χ0v) is 12.7. The third-order valence-corrected chi connectivity index (χ3v) is 5.72. The highest BCUT2D eigenvalue weighted by Crippen LogP contribution is 2.60. The second-order valence-corrected chi connectivity index (χ2v) is 6.88. The van der Waals surface area contributed by atoms with Crippen LogP contribution in [0.4, 0.5) is 5.69 Å². The van der Waals surface area contributed by atoms with E-state index in [1.54, 1.807) is 7.11 Å². The van der Waals surface area contributed by atoms with Crippen molar-refractivity contribution in [3.8, 4) is 5.75 Å². The number of anilines is 1. The summed E-state index contributed by atoms with van der Waals surface area (Å²) in [6.07, 6.45) is 3.34. The molecule has 0 aromatic heterocycles. The molecule has 4 saturated heterocycles. The van der Waals surface area contributed by atoms with Gasteiger partial charge in [-0.2, -0.15) is 0 Å². The summed E-state index contributed by atoms with van der Waals surface area (Å²) in [7, 11) is 1.78. The first-order chi connectivity index (χ1) is 9.69. The number of hydrogen-bond donors (Lipinski definition) is 0. The maximum Gasteiger partial charge on any atom is 0.142 e. The van der Waals surface area contributed by atoms with Crippen LogP contribution in [0.25, 0.3) is 0 Å². The quantitative estimate of drug-likeness (QED) is 0.841. The SMILES string of the molecule is COc1ccccc1N1C[C@@]23CCCN2C1C3C(C)C. The number of fused-ring (bicyclic) bond motifs is 1. The zero-order chi connectivity index (χ0) is 13.9. The number of para-hydroxylation sites is 2. The molecule has 1 aromatic carbocycles. The Morgan fingerprint density at radius 1 is 1.30 bits per heavy atom. The monoisotopic (exact) mass is 272 g/mol. The second kappa shape index (κ2) is 4.14. The molecule has 3 nitrogen and oxygen atoms in total. The minimum atomic E-state index is 0.458. The molecular weight excluding hydrogens is 248 g/mol. The van der Waals surface area contributed by atoms with Gasteiger partial charge in [0.2, 0.25) is 0 Å². The number of hydrogen-bond acceptors (Lipinski definition) is 3. The fourth-order valence-corrected chi connectivity index (χ4v) is 5.15. The van der Waals surface area contributed by atoms with E-state index in [4.69, 9.17) is 4.74 Å². The molecule has 3 atom stereocenters. The van der Waals surface area contributed by atoms with E-state index in [0.29, 0.717) is 11.7 Å². The Morgan fingerprint density at radius 2 is 2.10 bits per heavy atom. The summed E-state index contributed by atoms with van der Waals surface area (Å²) in [6.45, 7) is 7.24. The topological polar surface area (TPSA) is 15.7 Å². The van der Waals surface area contributed by atoms with Crippen LogP contribution in [-0.2, 0) is 0 Å². The Bertz CT molecular complexity index is 529. The van der Waals surface area contributed by atoms with Crippen molar-refractivity contribution in [3.05, 3.63) is 24.3 Å². The van der Waals surface area contributed by atoms with E-state index in [-0.39, 0.29) is 0 Å². The first kappa shape index (κ1) is 12.5. The lowest BCUT2D eigenvalue weighted by atomic mass is 9.70. The Morgan fingerprint density at radius 3 is 2.85 bits per heavy atom. The minimum absolute atomic E-state index is 0.458. The van der Waals surface area contributed by atoms with Crippen LogP contribution in [0.1, 0.15) is 26.7 Å². The standard InChI is InChI=1S/C17H24N2O/c1-12(2)15-16-18(11-17(15)9-6-10-19(16)17)13-7-4-5-8-14(13)20-3/h4-5,7-8,12,15-16H,6,9-11H2,1-3H3/t15?,16?,17-/m1/s1. The summed E-state index contributed by atoms with van der Waals surface area (Å²) in [5.74, 6) is 2.59. The second-order valence-electron chi connectivity index (χ2n) is 6.88. The number of rotatable bonds is 3. The van der Waals surface area contributed by atoms with Gasteiger partial charge in [-0.1, -0.05) is 26.0 Å². The van der Waals surface area contributed by atoms with Crippen LogP contribution >= 0.6 is 0 Å². The summed E-state index contributed by atoms with van der Waals surface area (Å²) >= 11 is 0. The van der Waals surface area contributed by atoms with Crippen molar-refractivity contribution < 1.29 is 4.74 Å². The van der Waals surface area contributed by atoms with Gasteiger partial charge in [-0.05, 0) is 30.9 Å². The summed E-state index contributed by atoms with van der Waals surface area (Å²) in [5, 5.41) is 0. The van der Waals surface area contributed by atoms with Gasteiger partial charge in [0, 0.05) is 24.5 Å². The molecule has 0 saturated carbocycles. The van der Waals surface area contributed by atoms with Gasteiger partial charge >= 0.3 is 0 Å². The molecule has 0 amide bonds. The van der Waals surface area contributed by atoms with Crippen molar-refractivity contribution >= 4 is 5.69 Å². The highest BCUT2D eigenvalue weighted by Gasteiger charge is 2.70. The van der Waals surface area contributed by atoms with Gasteiger partial charge in [-0.25, -0.2) is 0 Å². The zero-order valence-electron chi connectivity index (χ0n) is 12.7. The van der Waals surface area contributed by atoms with Gasteiger partial charge in [-0.3, -0.25) is 4.90 Å². The summed E-state index contributed by atoms with van der Waals surface area (Å²) in [4.78, 5) is 5.35. The lowest BCUT2D eigenvalue weighted by Crippen LogP contribution is -2.67. The lowest BCUT2D eigenvalue weighted by Gasteiger charge is -2.55. The van der Waals surface area contributed by atoms with Gasteiger partial charge in [-0.15, -0.1) is 0 Å². The number of methoxy groups -OCH3 is 1. The molecule has 108 valence electrons. The molecule has 0 radical (unpaired) electrons. The van der Waals surface area contributed by atoms with E-state index in [0.717, 1.165) is 17.6 Å². The third kappa shape index (κ3) is 1.34. The first-order valence-electron chi connectivity index (χ1n) is 7.85. The Labute approximate surface area is 121 Å². The summed E-state index contributed by atoms with van der Waals surface area (Å²) < 4.78 is 5.58. The molecular formula is C17H24N2O. The van der Waals surface area contributed by atoms with Crippen molar-refractivity contribution in [2.45, 2.75) is 38.4 Å². The number of ether oxygens (including phenoxy) is 1. The van der Waals surface area contributed by atoms with Crippen molar-refractivity contribution in [2.75, 3.05) is 25.1 Å². The minimum Gasteiger partial charge on any atom is -0.495 e. The van der Waals surface area contributed by atoms with Crippen molar-refractivity contribution in [1.29, 1.82) is 0 Å². The first-order valence-corrected chi connectivity index (χ1v) is 7.85. The van der Waals surface area contributed by atoms with Gasteiger partial charge in [0.1, 0.15) is 5.75 Å². The van der Waals surface area contributed by atoms with Crippen LogP contribution < -0.4 is 9.64 Å². The van der Waals surface area contributed by atoms with E-state index in [1.165, 1.54) is 31.6 Å². The predicted molar refractivity (Wildman–Crippen MR) is 81.1 cm³/mol. The number of nitrogens with zero attached hydrogens (tertiary/aromatic N) is 2. The Balaban J connectivity index is 1.73. The fraction of sp³-hybridized carbons (Fsp3) is 0.647. The largest absolute Gasteiger partial charge is 0.495 e. The highest BCUT2D eigenvalue weighted by atomic mass is 16.5. The Kier molecular flexibility index (Phi) is 2.59. The van der Waals surface area contributed by atoms with Crippen molar-refractivity contribution in [1.82, 2.24) is 4.90 Å². The average Bonchev–Trinajstić information content (AvgIpc) is 3.04. The van der Waals surface area contributed by atoms with Crippen LogP contribution in [0.5, 0.6) is 5.75 Å². The van der Waals surface area contributed by atoms with Crippen molar-refractivity contribution in [3.63, 3.8) is 0 Å². The van der Waals surface area contributed by atoms with Crippen LogP contribution in [0.2, 0.25) is 0 Å². The van der Waals surface area contributed by atoms with E-state index >= 15 is 0 Å². The van der Waals surface area contributed by atoms with Gasteiger partial charge in [0.05, 0.1) is 19.0 Å². The van der Waals surface area contributed by atoms with Crippen molar-refractivity contribution in [2.24, 2.45) is 11.8 Å². The highest BCUT2D eigenvalue weighted by molar-refractivity contribution is 5.62. The lowest BCUT2D eigenvalue weighted by molar-refractivity contribution is -0.0701. The van der Waals surface area contributed by atoms with Crippen LogP contribution in [0.15, 0.2) is 24.3 Å². The van der Waals surface area contributed by atoms with Crippen LogP contribution in [0.3, 0.4) is 0 Å².